The molecule has 1 fully saturated rings. The largest absolute Gasteiger partial charge is 0.496 e. The first kappa shape index (κ1) is 19.9. The van der Waals surface area contributed by atoms with Crippen LogP contribution in [0.4, 0.5) is 4.79 Å². The Hall–Kier alpha value is -2.82. The summed E-state index contributed by atoms with van der Waals surface area (Å²) in [6.45, 7) is 10.1. The summed E-state index contributed by atoms with van der Waals surface area (Å²) < 4.78 is 5.56. The van der Waals surface area contributed by atoms with Gasteiger partial charge in [0.2, 0.25) is 0 Å². The third-order valence-corrected chi connectivity index (χ3v) is 6.01. The number of ether oxygens (including phenoxy) is 1. The fourth-order valence-electron chi connectivity index (χ4n) is 3.83. The highest BCUT2D eigenvalue weighted by Gasteiger charge is 2.54. The van der Waals surface area contributed by atoms with Crippen molar-refractivity contribution in [1.29, 1.82) is 0 Å². The number of carbonyl (C=O) groups is 2. The van der Waals surface area contributed by atoms with Crippen molar-refractivity contribution in [1.82, 2.24) is 9.80 Å². The SMILES string of the molecule is C=C(CN1C(=O)N(C)[C@@](C)(c2cc(C)c(C)cc2OC)C1=O)C1=CC=CCC1. The molecular weight excluding hydrogens is 352 g/mol. The number of allylic oxidation sites excluding steroid dienone is 3. The lowest BCUT2D eigenvalue weighted by molar-refractivity contribution is -0.132. The molecule has 5 nitrogen and oxygen atoms in total. The van der Waals surface area contributed by atoms with Gasteiger partial charge < -0.3 is 9.64 Å². The Bertz CT molecular complexity index is 913. The number of urea groups is 1. The zero-order valence-electron chi connectivity index (χ0n) is 17.3. The van der Waals surface area contributed by atoms with Crippen molar-refractivity contribution < 1.29 is 14.3 Å². The molecular formula is C23H28N2O3. The number of methoxy groups -OCH3 is 1. The van der Waals surface area contributed by atoms with Gasteiger partial charge in [-0.05, 0) is 68.0 Å². The molecule has 0 spiro atoms. The fourth-order valence-corrected chi connectivity index (χ4v) is 3.83. The van der Waals surface area contributed by atoms with Gasteiger partial charge in [0.25, 0.3) is 5.91 Å². The zero-order valence-corrected chi connectivity index (χ0v) is 17.3. The average Bonchev–Trinajstić information content (AvgIpc) is 2.86. The molecule has 1 atom stereocenters. The first-order chi connectivity index (χ1) is 13.2. The topological polar surface area (TPSA) is 49.9 Å². The van der Waals surface area contributed by atoms with E-state index in [1.165, 1.54) is 9.80 Å². The Morgan fingerprint density at radius 1 is 1.25 bits per heavy atom. The molecule has 2 aliphatic rings. The van der Waals surface area contributed by atoms with Crippen LogP contribution in [0.2, 0.25) is 0 Å². The van der Waals surface area contributed by atoms with Crippen molar-refractivity contribution >= 4 is 11.9 Å². The molecule has 0 bridgehead atoms. The maximum absolute atomic E-state index is 13.5. The number of likely N-dealkylation sites (N-methyl/N-ethyl adjacent to an activating group) is 1. The van der Waals surface area contributed by atoms with E-state index in [1.807, 2.05) is 38.1 Å². The van der Waals surface area contributed by atoms with Gasteiger partial charge in [-0.2, -0.15) is 0 Å². The van der Waals surface area contributed by atoms with E-state index in [-0.39, 0.29) is 18.5 Å². The Balaban J connectivity index is 1.98. The molecule has 3 amide bonds. The van der Waals surface area contributed by atoms with Gasteiger partial charge in [0, 0.05) is 12.6 Å². The first-order valence-electron chi connectivity index (χ1n) is 9.51. The normalized spacial score (nSPS) is 22.0. The van der Waals surface area contributed by atoms with Gasteiger partial charge in [-0.3, -0.25) is 9.69 Å². The minimum atomic E-state index is -1.12. The minimum absolute atomic E-state index is 0.199. The van der Waals surface area contributed by atoms with E-state index in [1.54, 1.807) is 21.1 Å². The number of hydrogen-bond donors (Lipinski definition) is 0. The number of amides is 3. The highest BCUT2D eigenvalue weighted by atomic mass is 16.5. The van der Waals surface area contributed by atoms with Gasteiger partial charge in [-0.15, -0.1) is 0 Å². The molecule has 0 unspecified atom stereocenters. The van der Waals surface area contributed by atoms with Crippen LogP contribution in [0.1, 0.15) is 36.5 Å². The molecule has 28 heavy (non-hydrogen) atoms. The number of rotatable bonds is 5. The van der Waals surface area contributed by atoms with Gasteiger partial charge in [0.05, 0.1) is 13.7 Å². The summed E-state index contributed by atoms with van der Waals surface area (Å²) >= 11 is 0. The van der Waals surface area contributed by atoms with Crippen LogP contribution in [0.25, 0.3) is 0 Å². The van der Waals surface area contributed by atoms with Gasteiger partial charge in [-0.25, -0.2) is 4.79 Å². The summed E-state index contributed by atoms with van der Waals surface area (Å²) in [5, 5.41) is 0. The molecule has 0 N–H and O–H groups in total. The van der Waals surface area contributed by atoms with Crippen molar-refractivity contribution in [2.75, 3.05) is 20.7 Å². The highest BCUT2D eigenvalue weighted by molar-refractivity contribution is 6.07. The van der Waals surface area contributed by atoms with Crippen LogP contribution in [0.5, 0.6) is 5.75 Å². The number of carbonyl (C=O) groups excluding carboxylic acids is 2. The minimum Gasteiger partial charge on any atom is -0.496 e. The maximum atomic E-state index is 13.5. The molecule has 5 heteroatoms. The maximum Gasteiger partial charge on any atom is 0.328 e. The van der Waals surface area contributed by atoms with Crippen LogP contribution in [0.3, 0.4) is 0 Å². The van der Waals surface area contributed by atoms with Gasteiger partial charge >= 0.3 is 6.03 Å². The van der Waals surface area contributed by atoms with E-state index in [2.05, 4.69) is 12.7 Å². The number of benzene rings is 1. The quantitative estimate of drug-likeness (QED) is 0.718. The van der Waals surface area contributed by atoms with Crippen LogP contribution in [-0.4, -0.2) is 42.4 Å². The lowest BCUT2D eigenvalue weighted by Gasteiger charge is -2.31. The molecule has 1 aromatic rings. The summed E-state index contributed by atoms with van der Waals surface area (Å²) in [7, 11) is 3.25. The zero-order chi connectivity index (χ0) is 20.6. The summed E-state index contributed by atoms with van der Waals surface area (Å²) in [4.78, 5) is 29.3. The summed E-state index contributed by atoms with van der Waals surface area (Å²) in [5.41, 5.74) is 3.59. The smallest absolute Gasteiger partial charge is 0.328 e. The predicted octanol–water partition coefficient (Wildman–Crippen LogP) is 4.25. The van der Waals surface area contributed by atoms with Crippen molar-refractivity contribution in [3.63, 3.8) is 0 Å². The second-order valence-electron chi connectivity index (χ2n) is 7.70. The Morgan fingerprint density at radius 2 is 1.93 bits per heavy atom. The molecule has 0 aromatic heterocycles. The van der Waals surface area contributed by atoms with E-state index in [4.69, 9.17) is 4.74 Å². The summed E-state index contributed by atoms with van der Waals surface area (Å²) in [6, 6.07) is 3.55. The second-order valence-corrected chi connectivity index (χ2v) is 7.70. The third kappa shape index (κ3) is 3.05. The van der Waals surface area contributed by atoms with Crippen LogP contribution >= 0.6 is 0 Å². The van der Waals surface area contributed by atoms with E-state index in [9.17, 15) is 9.59 Å². The lowest BCUT2D eigenvalue weighted by Crippen LogP contribution is -2.42. The van der Waals surface area contributed by atoms with Crippen molar-refractivity contribution in [2.45, 2.75) is 39.2 Å². The molecule has 1 heterocycles. The van der Waals surface area contributed by atoms with Crippen molar-refractivity contribution in [3.8, 4) is 5.75 Å². The first-order valence-corrected chi connectivity index (χ1v) is 9.51. The van der Waals surface area contributed by atoms with Crippen molar-refractivity contribution in [2.24, 2.45) is 0 Å². The van der Waals surface area contributed by atoms with E-state index in [0.29, 0.717) is 11.3 Å². The number of hydrogen-bond acceptors (Lipinski definition) is 3. The monoisotopic (exact) mass is 380 g/mol. The number of imide groups is 1. The molecule has 3 rings (SSSR count). The van der Waals surface area contributed by atoms with E-state index >= 15 is 0 Å². The second kappa shape index (κ2) is 7.30. The van der Waals surface area contributed by atoms with Gasteiger partial charge in [0.15, 0.2) is 0 Å². The molecule has 1 aliphatic heterocycles. The standard InChI is InChI=1S/C23H28N2O3/c1-15-12-19(20(28-6)13-16(15)2)23(4)21(26)25(22(27)24(23)5)14-17(3)18-10-8-7-9-11-18/h7-8,10,12-13H,3,9,11,14H2,1-2,4-6H3/t23-/m0/s1. The van der Waals surface area contributed by atoms with Crippen LogP contribution in [0.15, 0.2) is 48.1 Å². The highest BCUT2D eigenvalue weighted by Crippen LogP contribution is 2.42. The van der Waals surface area contributed by atoms with E-state index in [0.717, 1.165) is 35.1 Å². The van der Waals surface area contributed by atoms with Crippen LogP contribution in [0, 0.1) is 13.8 Å². The molecule has 148 valence electrons. The molecule has 1 aromatic carbocycles. The fraction of sp³-hybridized carbons (Fsp3) is 0.391. The number of nitrogens with zero attached hydrogens (tertiary/aromatic N) is 2. The Labute approximate surface area is 167 Å². The third-order valence-electron chi connectivity index (χ3n) is 6.01. The average molecular weight is 380 g/mol. The van der Waals surface area contributed by atoms with Crippen molar-refractivity contribution in [3.05, 3.63) is 64.8 Å². The summed E-state index contributed by atoms with van der Waals surface area (Å²) in [6.07, 6.45) is 7.92. The van der Waals surface area contributed by atoms with E-state index < -0.39 is 5.54 Å². The van der Waals surface area contributed by atoms with Gasteiger partial charge in [-0.1, -0.05) is 24.8 Å². The lowest BCUT2D eigenvalue weighted by atomic mass is 9.87. The predicted molar refractivity (Wildman–Crippen MR) is 110 cm³/mol. The molecule has 1 aliphatic carbocycles. The molecule has 1 saturated heterocycles. The Morgan fingerprint density at radius 3 is 2.54 bits per heavy atom. The van der Waals surface area contributed by atoms with Crippen LogP contribution in [-0.2, 0) is 10.3 Å². The summed E-state index contributed by atoms with van der Waals surface area (Å²) in [5.74, 6) is 0.356. The molecule has 0 radical (unpaired) electrons. The Kier molecular flexibility index (Phi) is 5.20. The van der Waals surface area contributed by atoms with Crippen LogP contribution < -0.4 is 4.74 Å². The van der Waals surface area contributed by atoms with Gasteiger partial charge in [0.1, 0.15) is 11.3 Å². The number of aryl methyl sites for hydroxylation is 2. The molecule has 0 saturated carbocycles.